The van der Waals surface area contributed by atoms with Crippen molar-refractivity contribution >= 4 is 29.5 Å². The number of carbonyl (C=O) groups is 3. The van der Waals surface area contributed by atoms with Gasteiger partial charge in [0.2, 0.25) is 5.91 Å². The fourth-order valence-electron chi connectivity index (χ4n) is 2.23. The van der Waals surface area contributed by atoms with E-state index in [-0.39, 0.29) is 12.4 Å². The summed E-state index contributed by atoms with van der Waals surface area (Å²) in [7, 11) is 2.94. The molecule has 2 aromatic rings. The van der Waals surface area contributed by atoms with E-state index in [1.165, 1.54) is 44.5 Å². The molecule has 2 aromatic carbocycles. The molecule has 0 atom stereocenters. The molecule has 7 nitrogen and oxygen atoms in total. The number of rotatable bonds is 8. The Morgan fingerprint density at radius 3 is 2.55 bits per heavy atom. The summed E-state index contributed by atoms with van der Waals surface area (Å²) in [5.41, 5.74) is 1.15. The van der Waals surface area contributed by atoms with Crippen LogP contribution in [0, 0.1) is 5.82 Å². The Balaban J connectivity index is 1.76. The summed E-state index contributed by atoms with van der Waals surface area (Å²) in [6, 6.07) is 12.3. The van der Waals surface area contributed by atoms with E-state index < -0.39 is 24.4 Å². The van der Waals surface area contributed by atoms with E-state index in [0.717, 1.165) is 11.0 Å². The van der Waals surface area contributed by atoms with E-state index in [2.05, 4.69) is 5.32 Å². The SMILES string of the molecule is COc1cccc(NC(=O)CN(C)C(=O)COC(=O)/C=C/c2ccc(F)cc2)c1. The van der Waals surface area contributed by atoms with Crippen LogP contribution in [0.5, 0.6) is 5.75 Å². The molecule has 152 valence electrons. The molecule has 0 heterocycles. The van der Waals surface area contributed by atoms with Gasteiger partial charge in [-0.15, -0.1) is 0 Å². The molecule has 0 spiro atoms. The minimum absolute atomic E-state index is 0.209. The maximum Gasteiger partial charge on any atom is 0.331 e. The first kappa shape index (κ1) is 21.6. The normalized spacial score (nSPS) is 10.4. The fourth-order valence-corrected chi connectivity index (χ4v) is 2.23. The number of anilines is 1. The molecule has 2 rings (SSSR count). The molecule has 0 radical (unpaired) electrons. The Kier molecular flexibility index (Phi) is 7.90. The molecule has 0 aliphatic carbocycles. The number of esters is 1. The van der Waals surface area contributed by atoms with Gasteiger partial charge in [0, 0.05) is 24.9 Å². The molecule has 0 aliphatic heterocycles. The molecular weight excluding hydrogens is 379 g/mol. The molecule has 8 heteroatoms. The maximum atomic E-state index is 12.8. The van der Waals surface area contributed by atoms with Crippen LogP contribution in [-0.4, -0.2) is 50.0 Å². The standard InChI is InChI=1S/C21H21FN2O5/c1-24(13-19(25)23-17-4-3-5-18(12-17)28-2)20(26)14-29-21(27)11-8-15-6-9-16(22)10-7-15/h3-12H,13-14H2,1-2H3,(H,23,25)/b11-8+. The molecule has 2 amide bonds. The van der Waals surface area contributed by atoms with Gasteiger partial charge in [0.05, 0.1) is 13.7 Å². The second kappa shape index (κ2) is 10.6. The molecule has 0 unspecified atom stereocenters. The van der Waals surface area contributed by atoms with Crippen LogP contribution >= 0.6 is 0 Å². The smallest absolute Gasteiger partial charge is 0.331 e. The van der Waals surface area contributed by atoms with Crippen molar-refractivity contribution in [1.29, 1.82) is 0 Å². The second-order valence-corrected chi connectivity index (χ2v) is 6.02. The Hall–Kier alpha value is -3.68. The predicted octanol–water partition coefficient (Wildman–Crippen LogP) is 2.49. The molecule has 0 fully saturated rings. The van der Waals surface area contributed by atoms with Crippen molar-refractivity contribution in [1.82, 2.24) is 4.90 Å². The third-order valence-electron chi connectivity index (χ3n) is 3.78. The zero-order valence-electron chi connectivity index (χ0n) is 16.1. The average molecular weight is 400 g/mol. The quantitative estimate of drug-likeness (QED) is 0.544. The van der Waals surface area contributed by atoms with Crippen molar-refractivity contribution in [2.45, 2.75) is 0 Å². The Morgan fingerprint density at radius 1 is 1.14 bits per heavy atom. The summed E-state index contributed by atoms with van der Waals surface area (Å²) in [6.07, 6.45) is 2.58. The zero-order chi connectivity index (χ0) is 21.2. The highest BCUT2D eigenvalue weighted by Gasteiger charge is 2.14. The highest BCUT2D eigenvalue weighted by Crippen LogP contribution is 2.16. The number of nitrogens with zero attached hydrogens (tertiary/aromatic N) is 1. The highest BCUT2D eigenvalue weighted by atomic mass is 19.1. The monoisotopic (exact) mass is 400 g/mol. The van der Waals surface area contributed by atoms with Crippen molar-refractivity contribution in [3.8, 4) is 5.75 Å². The van der Waals surface area contributed by atoms with Crippen LogP contribution in [0.15, 0.2) is 54.6 Å². The Morgan fingerprint density at radius 2 is 1.86 bits per heavy atom. The first-order valence-corrected chi connectivity index (χ1v) is 8.65. The van der Waals surface area contributed by atoms with Gasteiger partial charge in [-0.1, -0.05) is 18.2 Å². The summed E-state index contributed by atoms with van der Waals surface area (Å²) in [4.78, 5) is 36.9. The Bertz CT molecular complexity index is 896. The summed E-state index contributed by atoms with van der Waals surface area (Å²) in [6.45, 7) is -0.714. The molecule has 0 saturated heterocycles. The summed E-state index contributed by atoms with van der Waals surface area (Å²) >= 11 is 0. The number of carbonyl (C=O) groups excluding carboxylic acids is 3. The fraction of sp³-hybridized carbons (Fsp3) is 0.190. The lowest BCUT2D eigenvalue weighted by molar-refractivity contribution is -0.148. The summed E-state index contributed by atoms with van der Waals surface area (Å²) < 4.78 is 22.8. The van der Waals surface area contributed by atoms with Gasteiger partial charge in [0.15, 0.2) is 6.61 Å². The van der Waals surface area contributed by atoms with E-state index in [0.29, 0.717) is 17.0 Å². The summed E-state index contributed by atoms with van der Waals surface area (Å²) in [5, 5.41) is 2.65. The number of hydrogen-bond donors (Lipinski definition) is 1. The lowest BCUT2D eigenvalue weighted by Crippen LogP contribution is -2.37. The van der Waals surface area contributed by atoms with Gasteiger partial charge < -0.3 is 19.7 Å². The van der Waals surface area contributed by atoms with Gasteiger partial charge in [-0.05, 0) is 35.9 Å². The number of methoxy groups -OCH3 is 1. The number of likely N-dealkylation sites (N-methyl/N-ethyl adjacent to an activating group) is 1. The van der Waals surface area contributed by atoms with Crippen molar-refractivity contribution in [3.63, 3.8) is 0 Å². The molecule has 29 heavy (non-hydrogen) atoms. The van der Waals surface area contributed by atoms with Crippen LogP contribution in [0.1, 0.15) is 5.56 Å². The van der Waals surface area contributed by atoms with E-state index in [9.17, 15) is 18.8 Å². The topological polar surface area (TPSA) is 84.9 Å². The minimum Gasteiger partial charge on any atom is -0.497 e. The molecular formula is C21H21FN2O5. The van der Waals surface area contributed by atoms with Crippen LogP contribution in [0.25, 0.3) is 6.08 Å². The van der Waals surface area contributed by atoms with Crippen LogP contribution in [-0.2, 0) is 19.1 Å². The van der Waals surface area contributed by atoms with Gasteiger partial charge in [-0.3, -0.25) is 9.59 Å². The third-order valence-corrected chi connectivity index (χ3v) is 3.78. The van der Waals surface area contributed by atoms with Crippen molar-refractivity contribution in [3.05, 3.63) is 66.0 Å². The largest absolute Gasteiger partial charge is 0.497 e. The molecule has 1 N–H and O–H groups in total. The second-order valence-electron chi connectivity index (χ2n) is 6.02. The van der Waals surface area contributed by atoms with Crippen molar-refractivity contribution in [2.24, 2.45) is 0 Å². The minimum atomic E-state index is -0.725. The van der Waals surface area contributed by atoms with Gasteiger partial charge in [-0.2, -0.15) is 0 Å². The number of nitrogens with one attached hydrogen (secondary N) is 1. The van der Waals surface area contributed by atoms with Gasteiger partial charge in [0.25, 0.3) is 5.91 Å². The zero-order valence-corrected chi connectivity index (χ0v) is 16.1. The highest BCUT2D eigenvalue weighted by molar-refractivity contribution is 5.95. The van der Waals surface area contributed by atoms with E-state index in [1.54, 1.807) is 24.3 Å². The lowest BCUT2D eigenvalue weighted by atomic mass is 10.2. The third kappa shape index (κ3) is 7.45. The van der Waals surface area contributed by atoms with Crippen molar-refractivity contribution < 1.29 is 28.2 Å². The van der Waals surface area contributed by atoms with Crippen LogP contribution < -0.4 is 10.1 Å². The van der Waals surface area contributed by atoms with Gasteiger partial charge >= 0.3 is 5.97 Å². The molecule has 0 aromatic heterocycles. The lowest BCUT2D eigenvalue weighted by Gasteiger charge is -2.16. The molecule has 0 aliphatic rings. The van der Waals surface area contributed by atoms with Crippen LogP contribution in [0.4, 0.5) is 10.1 Å². The average Bonchev–Trinajstić information content (AvgIpc) is 2.71. The first-order chi connectivity index (χ1) is 13.9. The molecule has 0 bridgehead atoms. The van der Waals surface area contributed by atoms with Crippen LogP contribution in [0.2, 0.25) is 0 Å². The summed E-state index contributed by atoms with van der Waals surface area (Å²) in [5.74, 6) is -1.45. The predicted molar refractivity (Wildman–Crippen MR) is 106 cm³/mol. The Labute approximate surface area is 167 Å². The van der Waals surface area contributed by atoms with E-state index in [1.807, 2.05) is 0 Å². The van der Waals surface area contributed by atoms with Crippen molar-refractivity contribution in [2.75, 3.05) is 32.6 Å². The molecule has 0 saturated carbocycles. The number of amides is 2. The van der Waals surface area contributed by atoms with Gasteiger partial charge in [0.1, 0.15) is 11.6 Å². The van der Waals surface area contributed by atoms with E-state index in [4.69, 9.17) is 9.47 Å². The van der Waals surface area contributed by atoms with Gasteiger partial charge in [-0.25, -0.2) is 9.18 Å². The number of hydrogen-bond acceptors (Lipinski definition) is 5. The number of ether oxygens (including phenoxy) is 2. The maximum absolute atomic E-state index is 12.8. The number of halogens is 1. The number of benzene rings is 2. The van der Waals surface area contributed by atoms with Crippen LogP contribution in [0.3, 0.4) is 0 Å². The first-order valence-electron chi connectivity index (χ1n) is 8.65. The van der Waals surface area contributed by atoms with E-state index >= 15 is 0 Å².